The largest absolute Gasteiger partial charge is 0.493 e. The number of benzene rings is 2. The van der Waals surface area contributed by atoms with Gasteiger partial charge in [0.25, 0.3) is 0 Å². The van der Waals surface area contributed by atoms with Crippen molar-refractivity contribution in [3.63, 3.8) is 0 Å². The highest BCUT2D eigenvalue weighted by Gasteiger charge is 2.23. The first-order valence-corrected chi connectivity index (χ1v) is 10.9. The number of halogens is 2. The molecule has 0 radical (unpaired) electrons. The first kappa shape index (κ1) is 20.3. The van der Waals surface area contributed by atoms with Crippen LogP contribution in [0.5, 0.6) is 11.5 Å². The van der Waals surface area contributed by atoms with Crippen LogP contribution < -0.4 is 9.47 Å². The van der Waals surface area contributed by atoms with Crippen LogP contribution >= 0.6 is 23.2 Å². The second kappa shape index (κ2) is 8.27. The zero-order valence-electron chi connectivity index (χ0n) is 15.2. The van der Waals surface area contributed by atoms with Crippen LogP contribution in [0, 0.1) is 0 Å². The lowest BCUT2D eigenvalue weighted by molar-refractivity contribution is 0.267. The molecule has 0 spiro atoms. The van der Waals surface area contributed by atoms with E-state index in [-0.39, 0.29) is 15.7 Å². The van der Waals surface area contributed by atoms with E-state index >= 15 is 0 Å². The third-order valence-corrected chi connectivity index (χ3v) is 7.11. The van der Waals surface area contributed by atoms with Crippen LogP contribution in [0.4, 0.5) is 0 Å². The molecule has 27 heavy (non-hydrogen) atoms. The summed E-state index contributed by atoms with van der Waals surface area (Å²) in [6.45, 7) is 1.86. The Labute approximate surface area is 169 Å². The summed E-state index contributed by atoms with van der Waals surface area (Å²) in [5.41, 5.74) is 2.32. The average Bonchev–Trinajstić information content (AvgIpc) is 2.66. The molecule has 1 aliphatic heterocycles. The summed E-state index contributed by atoms with van der Waals surface area (Å²) < 4.78 is 36.1. The lowest BCUT2D eigenvalue weighted by Crippen LogP contribution is -2.34. The monoisotopic (exact) mass is 429 g/mol. The van der Waals surface area contributed by atoms with Gasteiger partial charge in [-0.1, -0.05) is 23.2 Å². The van der Waals surface area contributed by atoms with Gasteiger partial charge in [0.1, 0.15) is 0 Å². The molecule has 0 N–H and O–H groups in total. The molecule has 0 aliphatic carbocycles. The Hall–Kier alpha value is -1.47. The molecule has 1 heterocycles. The Morgan fingerprint density at radius 3 is 2.37 bits per heavy atom. The third-order valence-electron chi connectivity index (χ3n) is 4.70. The van der Waals surface area contributed by atoms with E-state index in [1.165, 1.54) is 17.7 Å². The summed E-state index contributed by atoms with van der Waals surface area (Å²) in [5, 5.41) is 0.547. The lowest BCUT2D eigenvalue weighted by atomic mass is 9.99. The summed E-state index contributed by atoms with van der Waals surface area (Å²) in [6.07, 6.45) is 0.827. The van der Waals surface area contributed by atoms with Gasteiger partial charge in [0.2, 0.25) is 0 Å². The standard InChI is InChI=1S/C19H21Cl2NO4S/c1-25-17-9-13-5-6-22(12-14(13)10-18(17)26-2)7-8-27(23,24)19-11-15(20)3-4-16(19)21/h3-4,9-11H,5-8,12H2,1-2H3. The van der Waals surface area contributed by atoms with Gasteiger partial charge in [-0.15, -0.1) is 0 Å². The molecule has 8 heteroatoms. The van der Waals surface area contributed by atoms with E-state index in [1.54, 1.807) is 20.3 Å². The van der Waals surface area contributed by atoms with E-state index in [4.69, 9.17) is 32.7 Å². The van der Waals surface area contributed by atoms with Crippen molar-refractivity contribution in [3.8, 4) is 11.5 Å². The summed E-state index contributed by atoms with van der Waals surface area (Å²) in [5.74, 6) is 1.37. The predicted molar refractivity (Wildman–Crippen MR) is 107 cm³/mol. The number of nitrogens with zero attached hydrogens (tertiary/aromatic N) is 1. The second-order valence-corrected chi connectivity index (χ2v) is 9.32. The van der Waals surface area contributed by atoms with Crippen molar-refractivity contribution < 1.29 is 17.9 Å². The maximum absolute atomic E-state index is 12.7. The molecule has 0 amide bonds. The highest BCUT2D eigenvalue weighted by atomic mass is 35.5. The van der Waals surface area contributed by atoms with Crippen LogP contribution in [-0.2, 0) is 22.8 Å². The first-order valence-electron chi connectivity index (χ1n) is 8.48. The highest BCUT2D eigenvalue weighted by Crippen LogP contribution is 2.33. The third kappa shape index (κ3) is 4.51. The highest BCUT2D eigenvalue weighted by molar-refractivity contribution is 7.91. The number of hydrogen-bond donors (Lipinski definition) is 0. The van der Waals surface area contributed by atoms with Crippen molar-refractivity contribution in [1.82, 2.24) is 4.90 Å². The fourth-order valence-electron chi connectivity index (χ4n) is 3.21. The number of rotatable bonds is 6. The smallest absolute Gasteiger partial charge is 0.181 e. The molecule has 3 rings (SSSR count). The van der Waals surface area contributed by atoms with Gasteiger partial charge in [0.05, 0.1) is 29.9 Å². The average molecular weight is 430 g/mol. The molecule has 2 aromatic rings. The Morgan fingerprint density at radius 2 is 1.70 bits per heavy atom. The molecular formula is C19H21Cl2NO4S. The molecule has 0 atom stereocenters. The Bertz CT molecular complexity index is 947. The Kier molecular flexibility index (Phi) is 6.21. The van der Waals surface area contributed by atoms with Crippen LogP contribution in [0.15, 0.2) is 35.2 Å². The number of fused-ring (bicyclic) bond motifs is 1. The van der Waals surface area contributed by atoms with Gasteiger partial charge in [-0.25, -0.2) is 8.42 Å². The fourth-order valence-corrected chi connectivity index (χ4v) is 5.30. The second-order valence-electron chi connectivity index (χ2n) is 6.40. The van der Waals surface area contributed by atoms with Crippen molar-refractivity contribution in [3.05, 3.63) is 51.5 Å². The summed E-state index contributed by atoms with van der Waals surface area (Å²) >= 11 is 12.0. The van der Waals surface area contributed by atoms with Crippen LogP contribution in [-0.4, -0.2) is 46.4 Å². The molecule has 0 saturated carbocycles. The molecule has 5 nitrogen and oxygen atoms in total. The van der Waals surface area contributed by atoms with E-state index < -0.39 is 9.84 Å². The maximum atomic E-state index is 12.7. The minimum Gasteiger partial charge on any atom is -0.493 e. The van der Waals surface area contributed by atoms with Crippen molar-refractivity contribution in [2.24, 2.45) is 0 Å². The van der Waals surface area contributed by atoms with Crippen molar-refractivity contribution in [1.29, 1.82) is 0 Å². The molecule has 0 unspecified atom stereocenters. The van der Waals surface area contributed by atoms with Crippen LogP contribution in [0.25, 0.3) is 0 Å². The maximum Gasteiger partial charge on any atom is 0.181 e. The number of ether oxygens (including phenoxy) is 2. The fraction of sp³-hybridized carbons (Fsp3) is 0.368. The van der Waals surface area contributed by atoms with Crippen molar-refractivity contribution in [2.75, 3.05) is 33.1 Å². The van der Waals surface area contributed by atoms with Gasteiger partial charge in [-0.05, 0) is 47.9 Å². The van der Waals surface area contributed by atoms with Gasteiger partial charge in [0, 0.05) is 24.7 Å². The molecule has 0 saturated heterocycles. The predicted octanol–water partition coefficient (Wildman–Crippen LogP) is 3.84. The topological polar surface area (TPSA) is 55.8 Å². The van der Waals surface area contributed by atoms with Crippen molar-refractivity contribution in [2.45, 2.75) is 17.9 Å². The molecule has 0 fully saturated rings. The SMILES string of the molecule is COc1cc2c(cc1OC)CN(CCS(=O)(=O)c1cc(Cl)ccc1Cl)CC2. The Balaban J connectivity index is 1.72. The summed E-state index contributed by atoms with van der Waals surface area (Å²) in [4.78, 5) is 2.20. The van der Waals surface area contributed by atoms with Crippen LogP contribution in [0.2, 0.25) is 10.0 Å². The molecule has 146 valence electrons. The number of sulfone groups is 1. The Morgan fingerprint density at radius 1 is 1.04 bits per heavy atom. The minimum atomic E-state index is -3.52. The van der Waals surface area contributed by atoms with E-state index in [0.29, 0.717) is 29.6 Å². The number of methoxy groups -OCH3 is 2. The first-order chi connectivity index (χ1) is 12.8. The summed E-state index contributed by atoms with van der Waals surface area (Å²) in [7, 11) is -0.297. The zero-order chi connectivity index (χ0) is 19.6. The van der Waals surface area contributed by atoms with Crippen molar-refractivity contribution >= 4 is 33.0 Å². The van der Waals surface area contributed by atoms with Gasteiger partial charge in [0.15, 0.2) is 21.3 Å². The summed E-state index contributed by atoms with van der Waals surface area (Å²) in [6, 6.07) is 8.44. The quantitative estimate of drug-likeness (QED) is 0.697. The molecule has 1 aliphatic rings. The molecule has 2 aromatic carbocycles. The number of hydrogen-bond acceptors (Lipinski definition) is 5. The van der Waals surface area contributed by atoms with Crippen LogP contribution in [0.1, 0.15) is 11.1 Å². The van der Waals surface area contributed by atoms with E-state index in [2.05, 4.69) is 4.90 Å². The zero-order valence-corrected chi connectivity index (χ0v) is 17.5. The van der Waals surface area contributed by atoms with Gasteiger partial charge < -0.3 is 9.47 Å². The van der Waals surface area contributed by atoms with Gasteiger partial charge >= 0.3 is 0 Å². The molecule has 0 bridgehead atoms. The van der Waals surface area contributed by atoms with E-state index in [0.717, 1.165) is 18.5 Å². The van der Waals surface area contributed by atoms with Crippen LogP contribution in [0.3, 0.4) is 0 Å². The minimum absolute atomic E-state index is 0.0182. The molecule has 0 aromatic heterocycles. The van der Waals surface area contributed by atoms with E-state index in [1.807, 2.05) is 12.1 Å². The van der Waals surface area contributed by atoms with Gasteiger partial charge in [-0.2, -0.15) is 0 Å². The van der Waals surface area contributed by atoms with E-state index in [9.17, 15) is 8.42 Å². The normalized spacial score (nSPS) is 14.7. The van der Waals surface area contributed by atoms with Gasteiger partial charge in [-0.3, -0.25) is 4.90 Å². The molecular weight excluding hydrogens is 409 g/mol. The lowest BCUT2D eigenvalue weighted by Gasteiger charge is -2.29.